The molecular weight excluding hydrogens is 639 g/mol. The topological polar surface area (TPSA) is 50.3 Å². The molecule has 0 unspecified atom stereocenters. The average molecular weight is 666 g/mol. The normalized spacial score (nSPS) is 12.5. The molecule has 0 radical (unpaired) electrons. The van der Waals surface area contributed by atoms with Crippen LogP contribution in [-0.2, 0) is 9.84 Å². The fourth-order valence-corrected chi connectivity index (χ4v) is 9.42. The predicted octanol–water partition coefficient (Wildman–Crippen LogP) is 7.84. The van der Waals surface area contributed by atoms with Gasteiger partial charge in [0.1, 0.15) is 0 Å². The minimum absolute atomic E-state index is 0.198. The minimum atomic E-state index is -3.63. The summed E-state index contributed by atoms with van der Waals surface area (Å²) < 4.78 is 29.3. The maximum absolute atomic E-state index is 13.3. The molecule has 0 amide bonds. The summed E-state index contributed by atoms with van der Waals surface area (Å²) in [5, 5.41) is 1.05. The Morgan fingerprint density at radius 2 is 1.07 bits per heavy atom. The summed E-state index contributed by atoms with van der Waals surface area (Å²) in [5.74, 6) is 0. The molecule has 6 heteroatoms. The number of aromatic nitrogens is 1. The SMILES string of the molecule is O=S(=O)(c1ccccc1)c1ccc(-c2cc(-c3ccccc3)c3cccc(N4c5ccccc5[Se]c5ccccc54)c3n2)cc1. The Hall–Kier alpha value is -5.00. The van der Waals surface area contributed by atoms with Crippen molar-refractivity contribution in [1.29, 1.82) is 0 Å². The molecule has 0 fully saturated rings. The van der Waals surface area contributed by atoms with Crippen LogP contribution >= 0.6 is 0 Å². The molecule has 0 aliphatic carbocycles. The van der Waals surface area contributed by atoms with Crippen LogP contribution in [0.25, 0.3) is 33.3 Å². The molecule has 45 heavy (non-hydrogen) atoms. The molecule has 0 saturated heterocycles. The summed E-state index contributed by atoms with van der Waals surface area (Å²) in [6.45, 7) is 0. The summed E-state index contributed by atoms with van der Waals surface area (Å²) in [7, 11) is -3.63. The Morgan fingerprint density at radius 3 is 1.73 bits per heavy atom. The molecule has 0 bridgehead atoms. The molecule has 6 aromatic carbocycles. The van der Waals surface area contributed by atoms with Gasteiger partial charge < -0.3 is 0 Å². The second kappa shape index (κ2) is 11.2. The summed E-state index contributed by atoms with van der Waals surface area (Å²) >= 11 is 0.198. The first-order valence-electron chi connectivity index (χ1n) is 14.6. The summed E-state index contributed by atoms with van der Waals surface area (Å²) in [6.07, 6.45) is 0. The van der Waals surface area contributed by atoms with Gasteiger partial charge in [-0.3, -0.25) is 0 Å². The zero-order valence-corrected chi connectivity index (χ0v) is 26.6. The van der Waals surface area contributed by atoms with Crippen LogP contribution in [-0.4, -0.2) is 28.4 Å². The number of pyridine rings is 1. The fourth-order valence-electron chi connectivity index (χ4n) is 5.92. The van der Waals surface area contributed by atoms with Crippen LogP contribution in [0.4, 0.5) is 17.1 Å². The Balaban J connectivity index is 1.34. The van der Waals surface area contributed by atoms with Crippen LogP contribution in [0.2, 0.25) is 0 Å². The summed E-state index contributed by atoms with van der Waals surface area (Å²) in [5.41, 5.74) is 8.02. The summed E-state index contributed by atoms with van der Waals surface area (Å²) in [4.78, 5) is 8.20. The van der Waals surface area contributed by atoms with Crippen molar-refractivity contribution in [2.24, 2.45) is 0 Å². The first-order valence-corrected chi connectivity index (χ1v) is 17.8. The van der Waals surface area contributed by atoms with Crippen LogP contribution in [0, 0.1) is 0 Å². The van der Waals surface area contributed by atoms with Crippen molar-refractivity contribution < 1.29 is 8.42 Å². The number of sulfone groups is 1. The Morgan fingerprint density at radius 1 is 0.511 bits per heavy atom. The van der Waals surface area contributed by atoms with Crippen LogP contribution in [0.15, 0.2) is 168 Å². The van der Waals surface area contributed by atoms with Crippen molar-refractivity contribution in [2.45, 2.75) is 9.79 Å². The van der Waals surface area contributed by atoms with Crippen LogP contribution in [0.3, 0.4) is 0 Å². The third kappa shape index (κ3) is 4.84. The third-order valence-electron chi connectivity index (χ3n) is 8.09. The monoisotopic (exact) mass is 666 g/mol. The van der Waals surface area contributed by atoms with Crippen molar-refractivity contribution >= 4 is 61.7 Å². The Kier molecular flexibility index (Phi) is 6.84. The zero-order valence-electron chi connectivity index (χ0n) is 24.0. The molecule has 7 aromatic rings. The maximum atomic E-state index is 13.3. The van der Waals surface area contributed by atoms with Crippen LogP contribution in [0.1, 0.15) is 0 Å². The predicted molar refractivity (Wildman–Crippen MR) is 184 cm³/mol. The Labute approximate surface area is 268 Å². The van der Waals surface area contributed by atoms with Gasteiger partial charge in [-0.1, -0.05) is 18.2 Å². The van der Waals surface area contributed by atoms with Gasteiger partial charge in [-0.15, -0.1) is 0 Å². The van der Waals surface area contributed by atoms with Crippen LogP contribution < -0.4 is 13.8 Å². The molecule has 1 aliphatic heterocycles. The number of para-hydroxylation sites is 3. The van der Waals surface area contributed by atoms with Gasteiger partial charge >= 0.3 is 226 Å². The van der Waals surface area contributed by atoms with Crippen molar-refractivity contribution in [2.75, 3.05) is 4.90 Å². The number of nitrogens with zero attached hydrogens (tertiary/aromatic N) is 2. The van der Waals surface area contributed by atoms with E-state index in [9.17, 15) is 8.42 Å². The van der Waals surface area contributed by atoms with Gasteiger partial charge in [-0.05, 0) is 12.1 Å². The molecule has 216 valence electrons. The van der Waals surface area contributed by atoms with E-state index in [2.05, 4.69) is 89.8 Å². The van der Waals surface area contributed by atoms with E-state index in [0.717, 1.165) is 39.0 Å². The van der Waals surface area contributed by atoms with E-state index in [4.69, 9.17) is 4.98 Å². The molecule has 0 spiro atoms. The van der Waals surface area contributed by atoms with Gasteiger partial charge in [0.2, 0.25) is 0 Å². The number of benzene rings is 6. The second-order valence-electron chi connectivity index (χ2n) is 10.8. The Bertz CT molecular complexity index is 2260. The molecule has 1 aromatic heterocycles. The quantitative estimate of drug-likeness (QED) is 0.176. The number of anilines is 3. The number of rotatable bonds is 5. The van der Waals surface area contributed by atoms with E-state index in [1.54, 1.807) is 36.4 Å². The van der Waals surface area contributed by atoms with E-state index >= 15 is 0 Å². The average Bonchev–Trinajstić information content (AvgIpc) is 3.11. The van der Waals surface area contributed by atoms with Gasteiger partial charge in [-0.25, -0.2) is 8.42 Å². The van der Waals surface area contributed by atoms with E-state index in [-0.39, 0.29) is 24.7 Å². The van der Waals surface area contributed by atoms with Crippen molar-refractivity contribution in [1.82, 2.24) is 4.98 Å². The molecule has 0 N–H and O–H groups in total. The van der Waals surface area contributed by atoms with Gasteiger partial charge in [-0.2, -0.15) is 0 Å². The van der Waals surface area contributed by atoms with Crippen molar-refractivity contribution in [3.8, 4) is 22.4 Å². The molecular formula is C39H26N2O2SSe. The van der Waals surface area contributed by atoms with Gasteiger partial charge in [0.15, 0.2) is 0 Å². The standard InChI is InChI=1S/C39H26N2O2SSe/c42-44(43,29-14-5-2-6-15-29)30-24-22-28(23-25-30)33-26-32(27-12-3-1-4-13-27)31-16-11-19-36(39(31)40-33)41-34-17-7-9-20-37(34)45-38-21-10-8-18-35(38)41/h1-26H. The molecule has 8 rings (SSSR count). The number of hydrogen-bond donors (Lipinski definition) is 0. The van der Waals surface area contributed by atoms with E-state index in [1.165, 1.54) is 20.3 Å². The molecule has 0 saturated carbocycles. The molecule has 0 atom stereocenters. The van der Waals surface area contributed by atoms with E-state index in [0.29, 0.717) is 0 Å². The zero-order chi connectivity index (χ0) is 30.4. The third-order valence-corrected chi connectivity index (χ3v) is 12.2. The summed E-state index contributed by atoms with van der Waals surface area (Å²) in [6, 6.07) is 51.7. The van der Waals surface area contributed by atoms with Crippen LogP contribution in [0.5, 0.6) is 0 Å². The molecule has 1 aliphatic rings. The van der Waals surface area contributed by atoms with E-state index in [1.807, 2.05) is 36.4 Å². The fraction of sp³-hybridized carbons (Fsp3) is 0. The second-order valence-corrected chi connectivity index (χ2v) is 15.0. The van der Waals surface area contributed by atoms with Gasteiger partial charge in [0, 0.05) is 0 Å². The number of hydrogen-bond acceptors (Lipinski definition) is 4. The first kappa shape index (κ1) is 27.5. The first-order chi connectivity index (χ1) is 22.1. The molecule has 2 heterocycles. The van der Waals surface area contributed by atoms with Gasteiger partial charge in [0.25, 0.3) is 0 Å². The number of fused-ring (bicyclic) bond motifs is 3. The van der Waals surface area contributed by atoms with Gasteiger partial charge in [0.05, 0.1) is 4.90 Å². The van der Waals surface area contributed by atoms with Crippen molar-refractivity contribution in [3.63, 3.8) is 0 Å². The van der Waals surface area contributed by atoms with E-state index < -0.39 is 9.84 Å². The molecule has 4 nitrogen and oxygen atoms in total. The van der Waals surface area contributed by atoms with Crippen molar-refractivity contribution in [3.05, 3.63) is 158 Å².